The molecule has 0 aromatic carbocycles. The van der Waals surface area contributed by atoms with E-state index in [4.69, 9.17) is 0 Å². The quantitative estimate of drug-likeness (QED) is 0.496. The van der Waals surface area contributed by atoms with E-state index in [1.54, 1.807) is 0 Å². The van der Waals surface area contributed by atoms with Gasteiger partial charge in [-0.15, -0.1) is 0 Å². The van der Waals surface area contributed by atoms with Crippen molar-refractivity contribution in [2.24, 2.45) is 0 Å². The molecule has 0 unspecified atom stereocenters. The van der Waals surface area contributed by atoms with Gasteiger partial charge in [-0.05, 0) is 0 Å². The minimum atomic E-state index is 0. The predicted molar refractivity (Wildman–Crippen MR) is 11.5 cm³/mol. The zero-order chi connectivity index (χ0) is 0. The molecule has 0 atom stereocenters. The van der Waals surface area contributed by atoms with Crippen LogP contribution in [0.2, 0.25) is 0 Å². The van der Waals surface area contributed by atoms with Crippen LogP contribution in [0.4, 0.5) is 0 Å². The average Bonchev–Trinajstić information content (AvgIpc) is 0. The van der Waals surface area contributed by atoms with Crippen LogP contribution >= 0.6 is 0 Å². The van der Waals surface area contributed by atoms with Crippen molar-refractivity contribution in [3.05, 3.63) is 0 Å². The zero-order valence-corrected chi connectivity index (χ0v) is 14.6. The number of rotatable bonds is 0. The number of hydrogen-bond donors (Lipinski definition) is 0. The maximum atomic E-state index is 0. The molecular weight excluding hydrogens is 364 g/mol. The predicted octanol–water partition coefficient (Wildman–Crippen LogP) is -0.767. The van der Waals surface area contributed by atoms with Crippen LogP contribution in [0.1, 0.15) is 0 Å². The number of hydrogen-bond acceptors (Lipinski definition) is 0. The molecule has 4 heteroatoms. The van der Waals surface area contributed by atoms with E-state index in [-0.39, 0.29) is 88.7 Å². The second-order valence-electron chi connectivity index (χ2n) is 0. The van der Waals surface area contributed by atoms with Crippen molar-refractivity contribution >= 4 is 49.8 Å². The SMILES string of the molecule is [In].[Sn].[Zn].[Zn]. The monoisotopic (exact) mass is 363 g/mol. The van der Waals surface area contributed by atoms with Crippen LogP contribution in [0.3, 0.4) is 0 Å². The molecular formula is InSnZn2. The molecule has 0 aliphatic carbocycles. The summed E-state index contributed by atoms with van der Waals surface area (Å²) in [6.07, 6.45) is 0. The van der Waals surface area contributed by atoms with Gasteiger partial charge in [-0.1, -0.05) is 0 Å². The average molecular weight is 364 g/mol. The van der Waals surface area contributed by atoms with Gasteiger partial charge in [-0.25, -0.2) is 0 Å². The molecule has 0 spiro atoms. The summed E-state index contributed by atoms with van der Waals surface area (Å²) in [7, 11) is 0. The molecule has 4 heavy (non-hydrogen) atoms. The largest absolute Gasteiger partial charge is 0 e. The Balaban J connectivity index is 0. The fraction of sp³-hybridized carbons (Fsp3) is 0. The van der Waals surface area contributed by atoms with Crippen molar-refractivity contribution in [2.75, 3.05) is 0 Å². The van der Waals surface area contributed by atoms with Crippen LogP contribution in [0.15, 0.2) is 0 Å². The molecule has 0 saturated heterocycles. The summed E-state index contributed by atoms with van der Waals surface area (Å²) >= 11 is 0. The van der Waals surface area contributed by atoms with Gasteiger partial charge in [0.15, 0.2) is 0 Å². The van der Waals surface area contributed by atoms with E-state index >= 15 is 0 Å². The summed E-state index contributed by atoms with van der Waals surface area (Å²) < 4.78 is 0. The molecule has 0 aliphatic rings. The topological polar surface area (TPSA) is 0 Å². The third-order valence-electron chi connectivity index (χ3n) is 0. The minimum absolute atomic E-state index is 0. The summed E-state index contributed by atoms with van der Waals surface area (Å²) in [5.74, 6) is 0. The van der Waals surface area contributed by atoms with Crippen molar-refractivity contribution in [1.82, 2.24) is 0 Å². The fourth-order valence-electron chi connectivity index (χ4n) is 0. The van der Waals surface area contributed by atoms with E-state index in [1.165, 1.54) is 0 Å². The first-order valence-corrected chi connectivity index (χ1v) is 0. The molecule has 0 N–H and O–H groups in total. The van der Waals surface area contributed by atoms with Gasteiger partial charge in [0.2, 0.25) is 0 Å². The molecule has 0 bridgehead atoms. The Morgan fingerprint density at radius 2 is 0.750 bits per heavy atom. The van der Waals surface area contributed by atoms with Crippen LogP contribution in [-0.2, 0) is 39.0 Å². The Labute approximate surface area is 87.1 Å². The molecule has 0 aromatic heterocycles. The second-order valence-corrected chi connectivity index (χ2v) is 0. The smallest absolute Gasteiger partial charge is 0 e. The van der Waals surface area contributed by atoms with Gasteiger partial charge in [0, 0.05) is 88.7 Å². The molecule has 0 heterocycles. The summed E-state index contributed by atoms with van der Waals surface area (Å²) in [5, 5.41) is 0. The minimum Gasteiger partial charge on any atom is 0 e. The molecule has 7 radical (unpaired) electrons. The molecule has 0 saturated carbocycles. The van der Waals surface area contributed by atoms with E-state index in [0.29, 0.717) is 0 Å². The Morgan fingerprint density at radius 3 is 0.750 bits per heavy atom. The van der Waals surface area contributed by atoms with E-state index in [2.05, 4.69) is 0 Å². The van der Waals surface area contributed by atoms with E-state index in [0.717, 1.165) is 0 Å². The third kappa shape index (κ3) is 8.87. The van der Waals surface area contributed by atoms with Crippen molar-refractivity contribution in [1.29, 1.82) is 0 Å². The maximum Gasteiger partial charge on any atom is 0 e. The Hall–Kier alpha value is 2.92. The first kappa shape index (κ1) is 28.5. The fourth-order valence-corrected chi connectivity index (χ4v) is 0. The molecule has 0 amide bonds. The van der Waals surface area contributed by atoms with E-state index in [9.17, 15) is 0 Å². The molecule has 0 aromatic rings. The van der Waals surface area contributed by atoms with Gasteiger partial charge in [0.05, 0.1) is 0 Å². The third-order valence-corrected chi connectivity index (χ3v) is 0. The van der Waals surface area contributed by atoms with Crippen molar-refractivity contribution in [2.45, 2.75) is 0 Å². The Bertz CT molecular complexity index is 6.00. The van der Waals surface area contributed by atoms with Gasteiger partial charge >= 0.3 is 0 Å². The maximum absolute atomic E-state index is 0. The first-order chi connectivity index (χ1) is 0. The van der Waals surface area contributed by atoms with Gasteiger partial charge < -0.3 is 0 Å². The van der Waals surface area contributed by atoms with Gasteiger partial charge in [-0.2, -0.15) is 0 Å². The van der Waals surface area contributed by atoms with Gasteiger partial charge in [0.25, 0.3) is 0 Å². The molecule has 0 rings (SSSR count). The molecule has 0 fully saturated rings. The van der Waals surface area contributed by atoms with E-state index in [1.807, 2.05) is 0 Å². The Kier molecular flexibility index (Phi) is 120. The van der Waals surface area contributed by atoms with Crippen molar-refractivity contribution in [3.8, 4) is 0 Å². The molecule has 0 nitrogen and oxygen atoms in total. The van der Waals surface area contributed by atoms with Gasteiger partial charge in [0.1, 0.15) is 0 Å². The van der Waals surface area contributed by atoms with E-state index < -0.39 is 0 Å². The summed E-state index contributed by atoms with van der Waals surface area (Å²) in [6, 6.07) is 0. The van der Waals surface area contributed by atoms with Crippen LogP contribution in [0.5, 0.6) is 0 Å². The second kappa shape index (κ2) is 16.8. The molecule has 0 aliphatic heterocycles. The first-order valence-electron chi connectivity index (χ1n) is 0. The normalized spacial score (nSPS) is 0. The summed E-state index contributed by atoms with van der Waals surface area (Å²) in [5.41, 5.74) is 0. The summed E-state index contributed by atoms with van der Waals surface area (Å²) in [4.78, 5) is 0. The summed E-state index contributed by atoms with van der Waals surface area (Å²) in [6.45, 7) is 0. The van der Waals surface area contributed by atoms with Crippen molar-refractivity contribution < 1.29 is 39.0 Å². The Morgan fingerprint density at radius 1 is 0.750 bits per heavy atom. The van der Waals surface area contributed by atoms with Crippen LogP contribution in [-0.4, -0.2) is 49.8 Å². The van der Waals surface area contributed by atoms with Gasteiger partial charge in [-0.3, -0.25) is 0 Å². The van der Waals surface area contributed by atoms with Crippen LogP contribution < -0.4 is 0 Å². The zero-order valence-electron chi connectivity index (χ0n) is 2.49. The van der Waals surface area contributed by atoms with Crippen LogP contribution in [0.25, 0.3) is 0 Å². The van der Waals surface area contributed by atoms with Crippen molar-refractivity contribution in [3.63, 3.8) is 0 Å². The van der Waals surface area contributed by atoms with Crippen LogP contribution in [0, 0.1) is 0 Å². The standard InChI is InChI=1S/In.Sn.2Zn. The molecule has 11 valence electrons.